The van der Waals surface area contributed by atoms with Crippen molar-refractivity contribution in [1.82, 2.24) is 0 Å². The lowest BCUT2D eigenvalue weighted by Crippen LogP contribution is -1.91. The highest BCUT2D eigenvalue weighted by atomic mass is 35.5. The molecule has 1 aromatic rings. The summed E-state index contributed by atoms with van der Waals surface area (Å²) >= 11 is 8.07. The van der Waals surface area contributed by atoms with Gasteiger partial charge in [0, 0.05) is 5.56 Å². The van der Waals surface area contributed by atoms with Gasteiger partial charge in [-0.2, -0.15) is 0 Å². The third-order valence-electron chi connectivity index (χ3n) is 1.15. The molecule has 2 nitrogen and oxygen atoms in total. The molecule has 0 saturated carbocycles. The van der Waals surface area contributed by atoms with E-state index in [-0.39, 0.29) is 5.78 Å². The summed E-state index contributed by atoms with van der Waals surface area (Å²) in [5.74, 6) is 0.00102. The first-order valence-electron chi connectivity index (χ1n) is 2.82. The van der Waals surface area contributed by atoms with E-state index >= 15 is 0 Å². The average molecular weight is 208 g/mol. The van der Waals surface area contributed by atoms with Crippen molar-refractivity contribution in [2.45, 2.75) is 11.1 Å². The molecule has 1 heterocycles. The lowest BCUT2D eigenvalue weighted by atomic mass is 10.2. The van der Waals surface area contributed by atoms with Gasteiger partial charge >= 0.3 is 0 Å². The zero-order chi connectivity index (χ0) is 8.43. The van der Waals surface area contributed by atoms with E-state index in [0.29, 0.717) is 9.90 Å². The van der Waals surface area contributed by atoms with Gasteiger partial charge in [0.2, 0.25) is 0 Å². The highest BCUT2D eigenvalue weighted by Gasteiger charge is 2.10. The van der Waals surface area contributed by atoms with Crippen molar-refractivity contribution < 1.29 is 4.79 Å². The first-order chi connectivity index (χ1) is 5.15. The molecule has 0 radical (unpaired) electrons. The maximum Gasteiger partial charge on any atom is 0.161 e. The molecule has 11 heavy (non-hydrogen) atoms. The van der Waals surface area contributed by atoms with Gasteiger partial charge in [-0.15, -0.1) is 11.3 Å². The molecular weight excluding hydrogens is 202 g/mol. The molecule has 0 aliphatic heterocycles. The molecule has 0 spiro atoms. The van der Waals surface area contributed by atoms with Crippen LogP contribution in [0.1, 0.15) is 17.3 Å². The molecule has 1 rings (SSSR count). The number of rotatable bonds is 2. The molecule has 0 aromatic carbocycles. The van der Waals surface area contributed by atoms with E-state index in [1.165, 1.54) is 18.3 Å². The normalized spacial score (nSPS) is 10.1. The number of hydrogen-bond acceptors (Lipinski definition) is 4. The minimum atomic E-state index is 0.00102. The van der Waals surface area contributed by atoms with Gasteiger partial charge in [0.1, 0.15) is 0 Å². The summed E-state index contributed by atoms with van der Waals surface area (Å²) in [7, 11) is 0. The van der Waals surface area contributed by atoms with Crippen LogP contribution in [-0.2, 0) is 0 Å². The Kier molecular flexibility index (Phi) is 2.95. The maximum atomic E-state index is 10.9. The molecule has 0 atom stereocenters. The SMILES string of the molecule is CC(=O)c1cc(Cl)sc1SN. The minimum Gasteiger partial charge on any atom is -0.294 e. The Bertz CT molecular complexity index is 284. The average Bonchev–Trinajstić information content (AvgIpc) is 2.30. The standard InChI is InChI=1S/C6H6ClNOS2/c1-3(9)4-2-5(7)10-6(4)11-8/h2H,8H2,1H3. The summed E-state index contributed by atoms with van der Waals surface area (Å²) in [6, 6.07) is 1.64. The highest BCUT2D eigenvalue weighted by molar-refractivity contribution is 7.99. The lowest BCUT2D eigenvalue weighted by Gasteiger charge is -1.91. The number of thiophene rings is 1. The van der Waals surface area contributed by atoms with Crippen molar-refractivity contribution in [1.29, 1.82) is 0 Å². The summed E-state index contributed by atoms with van der Waals surface area (Å²) in [6.45, 7) is 1.50. The van der Waals surface area contributed by atoms with E-state index in [1.807, 2.05) is 0 Å². The fourth-order valence-electron chi connectivity index (χ4n) is 0.678. The predicted octanol–water partition coefficient (Wildman–Crippen LogP) is 2.57. The van der Waals surface area contributed by atoms with Crippen molar-refractivity contribution in [3.05, 3.63) is 16.0 Å². The molecule has 0 amide bonds. The van der Waals surface area contributed by atoms with Crippen LogP contribution in [-0.4, -0.2) is 5.78 Å². The smallest absolute Gasteiger partial charge is 0.161 e. The molecule has 2 N–H and O–H groups in total. The monoisotopic (exact) mass is 207 g/mol. The molecule has 60 valence electrons. The van der Waals surface area contributed by atoms with Crippen LogP contribution < -0.4 is 5.14 Å². The second-order valence-electron chi connectivity index (χ2n) is 1.93. The quantitative estimate of drug-likeness (QED) is 0.599. The van der Waals surface area contributed by atoms with Crippen molar-refractivity contribution in [2.24, 2.45) is 5.14 Å². The largest absolute Gasteiger partial charge is 0.294 e. The molecule has 0 aliphatic carbocycles. The van der Waals surface area contributed by atoms with Gasteiger partial charge in [0.25, 0.3) is 0 Å². The van der Waals surface area contributed by atoms with Crippen molar-refractivity contribution in [3.63, 3.8) is 0 Å². The predicted molar refractivity (Wildman–Crippen MR) is 49.4 cm³/mol. The van der Waals surface area contributed by atoms with Gasteiger partial charge in [-0.1, -0.05) is 11.6 Å². The van der Waals surface area contributed by atoms with Crippen LogP contribution in [0.2, 0.25) is 4.34 Å². The number of hydrogen-bond donors (Lipinski definition) is 1. The van der Waals surface area contributed by atoms with Gasteiger partial charge in [0.15, 0.2) is 5.78 Å². The van der Waals surface area contributed by atoms with Crippen molar-refractivity contribution in [3.8, 4) is 0 Å². The first kappa shape index (κ1) is 9.06. The third kappa shape index (κ3) is 1.96. The van der Waals surface area contributed by atoms with Crippen LogP contribution in [0, 0.1) is 0 Å². The summed E-state index contributed by atoms with van der Waals surface area (Å²) in [5, 5.41) is 5.32. The molecular formula is C6H6ClNOS2. The van der Waals surface area contributed by atoms with Crippen LogP contribution >= 0.6 is 34.9 Å². The number of halogens is 1. The number of Topliss-reactive ketones (excluding diaryl/α,β-unsaturated/α-hetero) is 1. The molecule has 5 heteroatoms. The summed E-state index contributed by atoms with van der Waals surface area (Å²) in [5.41, 5.74) is 0.618. The Morgan fingerprint density at radius 2 is 2.45 bits per heavy atom. The van der Waals surface area contributed by atoms with Gasteiger partial charge in [-0.25, -0.2) is 0 Å². The van der Waals surface area contributed by atoms with Crippen LogP contribution in [0.3, 0.4) is 0 Å². The Labute approximate surface area is 77.9 Å². The second kappa shape index (κ2) is 3.58. The van der Waals surface area contributed by atoms with Crippen molar-refractivity contribution >= 4 is 40.7 Å². The van der Waals surface area contributed by atoms with E-state index < -0.39 is 0 Å². The number of nitrogens with two attached hydrogens (primary N) is 1. The van der Waals surface area contributed by atoms with E-state index in [1.54, 1.807) is 6.07 Å². The Morgan fingerprint density at radius 3 is 2.82 bits per heavy atom. The van der Waals surface area contributed by atoms with Crippen molar-refractivity contribution in [2.75, 3.05) is 0 Å². The van der Waals surface area contributed by atoms with E-state index in [9.17, 15) is 4.79 Å². The number of carbonyl (C=O) groups is 1. The topological polar surface area (TPSA) is 43.1 Å². The summed E-state index contributed by atoms with van der Waals surface area (Å²) < 4.78 is 1.38. The second-order valence-corrected chi connectivity index (χ2v) is 4.51. The van der Waals surface area contributed by atoms with Crippen LogP contribution in [0.5, 0.6) is 0 Å². The van der Waals surface area contributed by atoms with Crippen LogP contribution in [0.4, 0.5) is 0 Å². The van der Waals surface area contributed by atoms with Crippen LogP contribution in [0.15, 0.2) is 10.3 Å². The number of ketones is 1. The fourth-order valence-corrected chi connectivity index (χ4v) is 2.61. The third-order valence-corrected chi connectivity index (χ3v) is 3.19. The molecule has 1 aromatic heterocycles. The van der Waals surface area contributed by atoms with E-state index in [0.717, 1.165) is 16.2 Å². The Hall–Kier alpha value is -0.0300. The molecule has 0 saturated heterocycles. The van der Waals surface area contributed by atoms with Gasteiger partial charge in [-0.05, 0) is 24.9 Å². The highest BCUT2D eigenvalue weighted by Crippen LogP contribution is 2.32. The Morgan fingerprint density at radius 1 is 1.82 bits per heavy atom. The fraction of sp³-hybridized carbons (Fsp3) is 0.167. The minimum absolute atomic E-state index is 0.00102. The van der Waals surface area contributed by atoms with Gasteiger partial charge < -0.3 is 0 Å². The Balaban J connectivity index is 3.12. The van der Waals surface area contributed by atoms with Gasteiger partial charge in [0.05, 0.1) is 8.55 Å². The number of carbonyl (C=O) groups excluding carboxylic acids is 1. The maximum absolute atomic E-state index is 10.9. The molecule has 0 unspecified atom stereocenters. The molecule has 0 fully saturated rings. The first-order valence-corrected chi connectivity index (χ1v) is 4.89. The molecule has 0 bridgehead atoms. The summed E-state index contributed by atoms with van der Waals surface area (Å²) in [4.78, 5) is 10.9. The molecule has 0 aliphatic rings. The zero-order valence-electron chi connectivity index (χ0n) is 5.76. The van der Waals surface area contributed by atoms with E-state index in [4.69, 9.17) is 16.7 Å². The zero-order valence-corrected chi connectivity index (χ0v) is 8.15. The van der Waals surface area contributed by atoms with Crippen LogP contribution in [0.25, 0.3) is 0 Å². The van der Waals surface area contributed by atoms with Gasteiger partial charge in [-0.3, -0.25) is 9.93 Å². The van der Waals surface area contributed by atoms with E-state index in [2.05, 4.69) is 0 Å². The lowest BCUT2D eigenvalue weighted by molar-refractivity contribution is 0.101. The summed E-state index contributed by atoms with van der Waals surface area (Å²) in [6.07, 6.45) is 0.